The van der Waals surface area contributed by atoms with E-state index in [0.29, 0.717) is 19.0 Å². The SMILES string of the molecule is CC(C)(C)OC(=O)Nc1nccc2c(C3CCN(C(=O)OC(C)(C)C)C3)ncn12. The van der Waals surface area contributed by atoms with Gasteiger partial charge in [0.1, 0.15) is 17.5 Å². The number of aromatic nitrogens is 3. The number of amides is 2. The zero-order valence-electron chi connectivity index (χ0n) is 17.9. The van der Waals surface area contributed by atoms with Crippen LogP contribution in [0.4, 0.5) is 15.5 Å². The van der Waals surface area contributed by atoms with Gasteiger partial charge in [0.2, 0.25) is 5.95 Å². The molecule has 2 amide bonds. The highest BCUT2D eigenvalue weighted by Crippen LogP contribution is 2.30. The molecule has 1 N–H and O–H groups in total. The van der Waals surface area contributed by atoms with Crippen LogP contribution in [0.3, 0.4) is 0 Å². The molecule has 1 aliphatic heterocycles. The van der Waals surface area contributed by atoms with Gasteiger partial charge in [-0.2, -0.15) is 0 Å². The second-order valence-corrected chi connectivity index (χ2v) is 9.19. The Labute approximate surface area is 170 Å². The first-order valence-corrected chi connectivity index (χ1v) is 9.73. The molecule has 0 aliphatic carbocycles. The van der Waals surface area contributed by atoms with E-state index in [0.717, 1.165) is 17.6 Å². The molecule has 1 unspecified atom stereocenters. The summed E-state index contributed by atoms with van der Waals surface area (Å²) in [5.41, 5.74) is 0.574. The molecule has 0 radical (unpaired) electrons. The number of nitrogens with zero attached hydrogens (tertiary/aromatic N) is 4. The zero-order chi connectivity index (χ0) is 21.4. The predicted octanol–water partition coefficient (Wildman–Crippen LogP) is 3.80. The van der Waals surface area contributed by atoms with Gasteiger partial charge in [-0.05, 0) is 54.0 Å². The molecule has 29 heavy (non-hydrogen) atoms. The molecule has 0 bridgehead atoms. The summed E-state index contributed by atoms with van der Waals surface area (Å²) < 4.78 is 12.5. The van der Waals surface area contributed by atoms with E-state index in [-0.39, 0.29) is 12.0 Å². The lowest BCUT2D eigenvalue weighted by Gasteiger charge is -2.24. The van der Waals surface area contributed by atoms with Crippen LogP contribution in [0, 0.1) is 0 Å². The van der Waals surface area contributed by atoms with Gasteiger partial charge in [0.05, 0.1) is 11.2 Å². The molecular weight excluding hydrogens is 374 g/mol. The number of likely N-dealkylation sites (tertiary alicyclic amines) is 1. The van der Waals surface area contributed by atoms with Crippen molar-refractivity contribution in [2.24, 2.45) is 0 Å². The van der Waals surface area contributed by atoms with Crippen LogP contribution in [0.5, 0.6) is 0 Å². The fourth-order valence-corrected chi connectivity index (χ4v) is 3.22. The smallest absolute Gasteiger partial charge is 0.414 e. The van der Waals surface area contributed by atoms with Gasteiger partial charge in [-0.3, -0.25) is 9.72 Å². The van der Waals surface area contributed by atoms with E-state index in [1.165, 1.54) is 0 Å². The first-order valence-electron chi connectivity index (χ1n) is 9.73. The number of hydrogen-bond donors (Lipinski definition) is 1. The topological polar surface area (TPSA) is 98.1 Å². The molecule has 1 aliphatic rings. The lowest BCUT2D eigenvalue weighted by Crippen LogP contribution is -2.35. The van der Waals surface area contributed by atoms with Gasteiger partial charge < -0.3 is 14.4 Å². The zero-order valence-corrected chi connectivity index (χ0v) is 17.9. The van der Waals surface area contributed by atoms with Crippen LogP contribution in [-0.2, 0) is 9.47 Å². The Morgan fingerprint density at radius 3 is 2.45 bits per heavy atom. The van der Waals surface area contributed by atoms with Gasteiger partial charge >= 0.3 is 12.2 Å². The molecule has 0 saturated carbocycles. The summed E-state index contributed by atoms with van der Waals surface area (Å²) in [4.78, 5) is 34.9. The summed E-state index contributed by atoms with van der Waals surface area (Å²) in [6.07, 6.45) is 3.15. The molecule has 0 aromatic carbocycles. The van der Waals surface area contributed by atoms with Gasteiger partial charge in [0.15, 0.2) is 0 Å². The summed E-state index contributed by atoms with van der Waals surface area (Å²) in [5.74, 6) is 0.418. The van der Waals surface area contributed by atoms with Crippen molar-refractivity contribution in [3.05, 3.63) is 24.3 Å². The second-order valence-electron chi connectivity index (χ2n) is 9.19. The number of ether oxygens (including phenoxy) is 2. The van der Waals surface area contributed by atoms with Gasteiger partial charge in [-0.25, -0.2) is 19.6 Å². The molecule has 9 heteroatoms. The van der Waals surface area contributed by atoms with Crippen LogP contribution in [0.2, 0.25) is 0 Å². The van der Waals surface area contributed by atoms with Gasteiger partial charge in [0.25, 0.3) is 0 Å². The first kappa shape index (κ1) is 20.9. The largest absolute Gasteiger partial charge is 0.444 e. The number of fused-ring (bicyclic) bond motifs is 1. The molecular formula is C20H29N5O4. The number of rotatable bonds is 2. The van der Waals surface area contributed by atoms with E-state index in [4.69, 9.17) is 9.47 Å². The third-order valence-electron chi connectivity index (χ3n) is 4.33. The van der Waals surface area contributed by atoms with Crippen molar-refractivity contribution in [3.8, 4) is 0 Å². The number of carbonyl (C=O) groups excluding carboxylic acids is 2. The van der Waals surface area contributed by atoms with Crippen molar-refractivity contribution >= 4 is 23.7 Å². The van der Waals surface area contributed by atoms with Crippen LogP contribution < -0.4 is 5.32 Å². The summed E-state index contributed by atoms with van der Waals surface area (Å²) >= 11 is 0. The van der Waals surface area contributed by atoms with Gasteiger partial charge in [-0.1, -0.05) is 0 Å². The summed E-state index contributed by atoms with van der Waals surface area (Å²) in [6.45, 7) is 12.1. The number of carbonyl (C=O) groups is 2. The quantitative estimate of drug-likeness (QED) is 0.819. The van der Waals surface area contributed by atoms with Crippen molar-refractivity contribution in [2.75, 3.05) is 18.4 Å². The maximum absolute atomic E-state index is 12.3. The average Bonchev–Trinajstić information content (AvgIpc) is 3.18. The lowest BCUT2D eigenvalue weighted by atomic mass is 10.0. The standard InChI is InChI=1S/C20H29N5O4/c1-19(2,3)28-17(26)23-16-21-9-7-14-15(22-12-25(14)16)13-8-10-24(11-13)18(27)29-20(4,5)6/h7,9,12-13H,8,10-11H2,1-6H3,(H,21,23,26). The average molecular weight is 403 g/mol. The number of imidazole rings is 1. The minimum atomic E-state index is -0.604. The molecule has 1 saturated heterocycles. The molecule has 0 spiro atoms. The Bertz CT molecular complexity index is 910. The van der Waals surface area contributed by atoms with Crippen molar-refractivity contribution in [3.63, 3.8) is 0 Å². The van der Waals surface area contributed by atoms with Crippen molar-refractivity contribution in [2.45, 2.75) is 65.1 Å². The molecule has 158 valence electrons. The van der Waals surface area contributed by atoms with Crippen LogP contribution in [-0.4, -0.2) is 55.7 Å². The minimum absolute atomic E-state index is 0.0873. The molecule has 2 aromatic rings. The van der Waals surface area contributed by atoms with Crippen molar-refractivity contribution in [1.29, 1.82) is 0 Å². The summed E-state index contributed by atoms with van der Waals surface area (Å²) in [5, 5.41) is 2.66. The van der Waals surface area contributed by atoms with Crippen LogP contribution in [0.1, 0.15) is 59.6 Å². The molecule has 2 aromatic heterocycles. The van der Waals surface area contributed by atoms with E-state index in [1.54, 1.807) is 42.6 Å². The van der Waals surface area contributed by atoms with Gasteiger partial charge in [-0.15, -0.1) is 0 Å². The number of hydrogen-bond acceptors (Lipinski definition) is 6. The predicted molar refractivity (Wildman–Crippen MR) is 108 cm³/mol. The molecule has 1 atom stereocenters. The van der Waals surface area contributed by atoms with Crippen molar-refractivity contribution in [1.82, 2.24) is 19.3 Å². The number of anilines is 1. The van der Waals surface area contributed by atoms with E-state index < -0.39 is 17.3 Å². The third kappa shape index (κ3) is 5.16. The van der Waals surface area contributed by atoms with Gasteiger partial charge in [0, 0.05) is 25.2 Å². The maximum Gasteiger partial charge on any atom is 0.414 e. The van der Waals surface area contributed by atoms with Crippen molar-refractivity contribution < 1.29 is 19.1 Å². The fourth-order valence-electron chi connectivity index (χ4n) is 3.22. The second kappa shape index (κ2) is 7.53. The lowest BCUT2D eigenvalue weighted by molar-refractivity contribution is 0.0292. The van der Waals surface area contributed by atoms with Crippen LogP contribution >= 0.6 is 0 Å². The number of nitrogens with one attached hydrogen (secondary N) is 1. The molecule has 3 rings (SSSR count). The van der Waals surface area contributed by atoms with E-state index in [9.17, 15) is 9.59 Å². The Balaban J connectivity index is 1.75. The highest BCUT2D eigenvalue weighted by Gasteiger charge is 2.32. The van der Waals surface area contributed by atoms with E-state index in [2.05, 4.69) is 15.3 Å². The molecule has 9 nitrogen and oxygen atoms in total. The normalized spacial score (nSPS) is 17.4. The Kier molecular flexibility index (Phi) is 5.42. The first-order chi connectivity index (χ1) is 13.4. The summed E-state index contributed by atoms with van der Waals surface area (Å²) in [6, 6.07) is 1.85. The molecule has 3 heterocycles. The minimum Gasteiger partial charge on any atom is -0.444 e. The highest BCUT2D eigenvalue weighted by molar-refractivity contribution is 5.83. The van der Waals surface area contributed by atoms with Crippen LogP contribution in [0.15, 0.2) is 18.6 Å². The Morgan fingerprint density at radius 2 is 1.79 bits per heavy atom. The highest BCUT2D eigenvalue weighted by atomic mass is 16.6. The van der Waals surface area contributed by atoms with Crippen LogP contribution in [0.25, 0.3) is 5.52 Å². The monoisotopic (exact) mass is 403 g/mol. The fraction of sp³-hybridized carbons (Fsp3) is 0.600. The van der Waals surface area contributed by atoms with E-state index >= 15 is 0 Å². The molecule has 1 fully saturated rings. The summed E-state index contributed by atoms with van der Waals surface area (Å²) in [7, 11) is 0. The van der Waals surface area contributed by atoms with E-state index in [1.807, 2.05) is 26.8 Å². The Hall–Kier alpha value is -2.84. The third-order valence-corrected chi connectivity index (χ3v) is 4.33. The maximum atomic E-state index is 12.3. The Morgan fingerprint density at radius 1 is 1.10 bits per heavy atom.